The largest absolute Gasteiger partial charge is 0.378 e. The van der Waals surface area contributed by atoms with Gasteiger partial charge in [-0.2, -0.15) is 0 Å². The van der Waals surface area contributed by atoms with Crippen LogP contribution in [-0.2, 0) is 9.53 Å². The molecule has 1 aromatic rings. The molecule has 1 saturated heterocycles. The fourth-order valence-electron chi connectivity index (χ4n) is 2.64. The number of nitrogens with one attached hydrogen (secondary N) is 3. The Labute approximate surface area is 149 Å². The monoisotopic (exact) mass is 348 g/mol. The normalized spacial score (nSPS) is 17.3. The summed E-state index contributed by atoms with van der Waals surface area (Å²) in [5.74, 6) is -0.233. The van der Waals surface area contributed by atoms with E-state index in [1.165, 1.54) is 0 Å². The summed E-state index contributed by atoms with van der Waals surface area (Å²) in [7, 11) is 0. The van der Waals surface area contributed by atoms with E-state index in [1.54, 1.807) is 24.3 Å². The Morgan fingerprint density at radius 3 is 2.56 bits per heavy atom. The van der Waals surface area contributed by atoms with Crippen molar-refractivity contribution in [3.05, 3.63) is 29.8 Å². The molecule has 0 radical (unpaired) electrons. The smallest absolute Gasteiger partial charge is 0.251 e. The lowest BCUT2D eigenvalue weighted by molar-refractivity contribution is -0.120. The zero-order chi connectivity index (χ0) is 18.1. The first kappa shape index (κ1) is 19.4. The maximum Gasteiger partial charge on any atom is 0.251 e. The topological polar surface area (TPSA) is 82.7 Å². The molecule has 7 heteroatoms. The fraction of sp³-hybridized carbons (Fsp3) is 0.556. The summed E-state index contributed by atoms with van der Waals surface area (Å²) in [6.45, 7) is 9.28. The van der Waals surface area contributed by atoms with E-state index in [4.69, 9.17) is 4.74 Å². The van der Waals surface area contributed by atoms with Crippen LogP contribution < -0.4 is 16.0 Å². The van der Waals surface area contributed by atoms with Gasteiger partial charge in [-0.1, -0.05) is 13.8 Å². The van der Waals surface area contributed by atoms with Gasteiger partial charge in [0.05, 0.1) is 13.2 Å². The van der Waals surface area contributed by atoms with Crippen molar-refractivity contribution in [2.75, 3.05) is 51.3 Å². The van der Waals surface area contributed by atoms with Gasteiger partial charge in [0, 0.05) is 30.9 Å². The Kier molecular flexibility index (Phi) is 7.84. The van der Waals surface area contributed by atoms with Gasteiger partial charge in [0.25, 0.3) is 5.91 Å². The highest BCUT2D eigenvalue weighted by molar-refractivity contribution is 5.97. The summed E-state index contributed by atoms with van der Waals surface area (Å²) in [5.41, 5.74) is 1.24. The minimum Gasteiger partial charge on any atom is -0.378 e. The average molecular weight is 348 g/mol. The summed E-state index contributed by atoms with van der Waals surface area (Å²) in [5, 5.41) is 8.85. The molecule has 1 unspecified atom stereocenters. The molecule has 0 spiro atoms. The predicted molar refractivity (Wildman–Crippen MR) is 97.8 cm³/mol. The van der Waals surface area contributed by atoms with E-state index in [1.807, 2.05) is 0 Å². The van der Waals surface area contributed by atoms with E-state index in [0.29, 0.717) is 37.6 Å². The second-order valence-corrected chi connectivity index (χ2v) is 5.93. The van der Waals surface area contributed by atoms with Crippen LogP contribution in [0.4, 0.5) is 5.69 Å². The fourth-order valence-corrected chi connectivity index (χ4v) is 2.64. The standard InChI is InChI=1S/C18H28N4O3/c1-3-22(4-2)11-9-20-17(23)14-5-7-15(8-6-14)21-18(24)16-13-25-12-10-19-16/h5-8,16,19H,3-4,9-13H2,1-2H3,(H,20,23)(H,21,24). The maximum atomic E-state index is 12.1. The van der Waals surface area contributed by atoms with Crippen LogP contribution in [0.25, 0.3) is 0 Å². The number of hydrogen-bond acceptors (Lipinski definition) is 5. The third-order valence-electron chi connectivity index (χ3n) is 4.26. The number of benzene rings is 1. The summed E-state index contributed by atoms with van der Waals surface area (Å²) in [4.78, 5) is 26.5. The molecular weight excluding hydrogens is 320 g/mol. The molecule has 1 aliphatic rings. The van der Waals surface area contributed by atoms with Gasteiger partial charge in [0.1, 0.15) is 6.04 Å². The van der Waals surface area contributed by atoms with Crippen LogP contribution in [0, 0.1) is 0 Å². The minimum absolute atomic E-state index is 0.104. The predicted octanol–water partition coefficient (Wildman–Crippen LogP) is 0.685. The first-order chi connectivity index (χ1) is 12.1. The number of ether oxygens (including phenoxy) is 1. The van der Waals surface area contributed by atoms with Crippen LogP contribution >= 0.6 is 0 Å². The summed E-state index contributed by atoms with van der Waals surface area (Å²) >= 11 is 0. The molecule has 1 fully saturated rings. The van der Waals surface area contributed by atoms with Gasteiger partial charge in [-0.3, -0.25) is 9.59 Å². The molecule has 2 amide bonds. The lowest BCUT2D eigenvalue weighted by atomic mass is 10.2. The van der Waals surface area contributed by atoms with Crippen LogP contribution in [-0.4, -0.2) is 68.7 Å². The van der Waals surface area contributed by atoms with Gasteiger partial charge in [-0.15, -0.1) is 0 Å². The first-order valence-electron chi connectivity index (χ1n) is 8.86. The molecule has 25 heavy (non-hydrogen) atoms. The van der Waals surface area contributed by atoms with Gasteiger partial charge in [0.2, 0.25) is 5.91 Å². The van der Waals surface area contributed by atoms with Crippen molar-refractivity contribution in [2.45, 2.75) is 19.9 Å². The molecule has 1 aliphatic heterocycles. The lowest BCUT2D eigenvalue weighted by Gasteiger charge is -2.22. The average Bonchev–Trinajstić information content (AvgIpc) is 2.66. The van der Waals surface area contributed by atoms with E-state index in [2.05, 4.69) is 34.7 Å². The maximum absolute atomic E-state index is 12.1. The van der Waals surface area contributed by atoms with E-state index < -0.39 is 0 Å². The molecule has 0 saturated carbocycles. The Morgan fingerprint density at radius 2 is 1.96 bits per heavy atom. The SMILES string of the molecule is CCN(CC)CCNC(=O)c1ccc(NC(=O)C2COCCN2)cc1. The second kappa shape index (κ2) is 10.1. The highest BCUT2D eigenvalue weighted by Gasteiger charge is 2.21. The Morgan fingerprint density at radius 1 is 1.24 bits per heavy atom. The number of rotatable bonds is 8. The molecule has 7 nitrogen and oxygen atoms in total. The summed E-state index contributed by atoms with van der Waals surface area (Å²) in [6, 6.07) is 6.57. The van der Waals surface area contributed by atoms with Crippen molar-refractivity contribution in [3.8, 4) is 0 Å². The van der Waals surface area contributed by atoms with E-state index in [-0.39, 0.29) is 17.9 Å². The zero-order valence-corrected chi connectivity index (χ0v) is 15.0. The summed E-state index contributed by atoms with van der Waals surface area (Å²) < 4.78 is 5.28. The second-order valence-electron chi connectivity index (χ2n) is 5.93. The Balaban J connectivity index is 1.80. The van der Waals surface area contributed by atoms with Gasteiger partial charge in [0.15, 0.2) is 0 Å². The lowest BCUT2D eigenvalue weighted by Crippen LogP contribution is -2.48. The number of likely N-dealkylation sites (N-methyl/N-ethyl adjacent to an activating group) is 1. The highest BCUT2D eigenvalue weighted by Crippen LogP contribution is 2.10. The van der Waals surface area contributed by atoms with Crippen molar-refractivity contribution >= 4 is 17.5 Å². The number of carbonyl (C=O) groups is 2. The van der Waals surface area contributed by atoms with E-state index >= 15 is 0 Å². The molecule has 3 N–H and O–H groups in total. The number of carbonyl (C=O) groups excluding carboxylic acids is 2. The van der Waals surface area contributed by atoms with Crippen molar-refractivity contribution in [3.63, 3.8) is 0 Å². The van der Waals surface area contributed by atoms with Crippen molar-refractivity contribution < 1.29 is 14.3 Å². The quantitative estimate of drug-likeness (QED) is 0.644. The number of amides is 2. The molecular formula is C18H28N4O3. The molecule has 1 heterocycles. The number of nitrogens with zero attached hydrogens (tertiary/aromatic N) is 1. The van der Waals surface area contributed by atoms with Crippen LogP contribution in [0.1, 0.15) is 24.2 Å². The third kappa shape index (κ3) is 6.12. The van der Waals surface area contributed by atoms with Crippen molar-refractivity contribution in [1.82, 2.24) is 15.5 Å². The molecule has 2 rings (SSSR count). The molecule has 1 aromatic carbocycles. The summed E-state index contributed by atoms with van der Waals surface area (Å²) in [6.07, 6.45) is 0. The van der Waals surface area contributed by atoms with Gasteiger partial charge < -0.3 is 25.6 Å². The van der Waals surface area contributed by atoms with E-state index in [0.717, 1.165) is 19.6 Å². The molecule has 0 aliphatic carbocycles. The molecule has 0 bridgehead atoms. The van der Waals surface area contributed by atoms with Crippen LogP contribution in [0.2, 0.25) is 0 Å². The van der Waals surface area contributed by atoms with Crippen molar-refractivity contribution in [1.29, 1.82) is 0 Å². The van der Waals surface area contributed by atoms with Gasteiger partial charge in [-0.25, -0.2) is 0 Å². The first-order valence-corrected chi connectivity index (χ1v) is 8.86. The minimum atomic E-state index is -0.336. The molecule has 0 aromatic heterocycles. The molecule has 138 valence electrons. The number of hydrogen-bond donors (Lipinski definition) is 3. The third-order valence-corrected chi connectivity index (χ3v) is 4.26. The number of morpholine rings is 1. The Hall–Kier alpha value is -1.96. The van der Waals surface area contributed by atoms with E-state index in [9.17, 15) is 9.59 Å². The van der Waals surface area contributed by atoms with Crippen molar-refractivity contribution in [2.24, 2.45) is 0 Å². The molecule has 1 atom stereocenters. The Bertz CT molecular complexity index is 552. The highest BCUT2D eigenvalue weighted by atomic mass is 16.5. The van der Waals surface area contributed by atoms with Crippen LogP contribution in [0.5, 0.6) is 0 Å². The van der Waals surface area contributed by atoms with Crippen LogP contribution in [0.3, 0.4) is 0 Å². The van der Waals surface area contributed by atoms with Crippen LogP contribution in [0.15, 0.2) is 24.3 Å². The van der Waals surface area contributed by atoms with Gasteiger partial charge >= 0.3 is 0 Å². The zero-order valence-electron chi connectivity index (χ0n) is 15.0. The number of anilines is 1. The van der Waals surface area contributed by atoms with Gasteiger partial charge in [-0.05, 0) is 37.4 Å².